The number of hydrogen-bond donors (Lipinski definition) is 2. The molecule has 1 fully saturated rings. The van der Waals surface area contributed by atoms with Gasteiger partial charge in [0.05, 0.1) is 11.4 Å². The van der Waals surface area contributed by atoms with Gasteiger partial charge < -0.3 is 15.1 Å². The smallest absolute Gasteiger partial charge is 0.308 e. The average Bonchev–Trinajstić information content (AvgIpc) is 3.17. The summed E-state index contributed by atoms with van der Waals surface area (Å²) in [5, 5.41) is 20.3. The molecule has 0 radical (unpaired) electrons. The van der Waals surface area contributed by atoms with E-state index in [1.807, 2.05) is 11.0 Å². The topological polar surface area (TPSA) is 73.7 Å². The number of carboxylic acid groups (broad SMARTS) is 1. The monoisotopic (exact) mass is 394 g/mol. The zero-order valence-corrected chi connectivity index (χ0v) is 16.4. The van der Waals surface area contributed by atoms with Crippen LogP contribution in [0.5, 0.6) is 5.75 Å². The number of carbonyl (C=O) groups is 1. The first-order chi connectivity index (χ1) is 13.8. The van der Waals surface area contributed by atoms with E-state index in [-0.39, 0.29) is 17.5 Å². The highest BCUT2D eigenvalue weighted by Gasteiger charge is 2.32. The van der Waals surface area contributed by atoms with Crippen molar-refractivity contribution in [2.75, 3.05) is 18.0 Å². The van der Waals surface area contributed by atoms with Gasteiger partial charge in [-0.2, -0.15) is 0 Å². The first-order valence-corrected chi connectivity index (χ1v) is 9.75. The highest BCUT2D eigenvalue weighted by molar-refractivity contribution is 5.99. The summed E-state index contributed by atoms with van der Waals surface area (Å²) < 4.78 is 13.6. The van der Waals surface area contributed by atoms with Crippen molar-refractivity contribution in [2.24, 2.45) is 5.92 Å². The van der Waals surface area contributed by atoms with E-state index < -0.39 is 11.9 Å². The Morgan fingerprint density at radius 2 is 1.93 bits per heavy atom. The van der Waals surface area contributed by atoms with E-state index in [2.05, 4.69) is 13.8 Å². The molecule has 1 saturated heterocycles. The molecular weight excluding hydrogens is 371 g/mol. The maximum atomic E-state index is 13.6. The molecule has 0 aliphatic carbocycles. The number of hydrogen-bond acceptors (Lipinski definition) is 4. The first kappa shape index (κ1) is 19.2. The molecule has 6 heteroatoms. The highest BCUT2D eigenvalue weighted by Crippen LogP contribution is 2.42. The summed E-state index contributed by atoms with van der Waals surface area (Å²) >= 11 is 0. The molecule has 1 aliphatic heterocycles. The van der Waals surface area contributed by atoms with Crippen LogP contribution >= 0.6 is 0 Å². The van der Waals surface area contributed by atoms with Gasteiger partial charge in [0.25, 0.3) is 0 Å². The Balaban J connectivity index is 1.99. The van der Waals surface area contributed by atoms with Crippen molar-refractivity contribution in [2.45, 2.75) is 26.2 Å². The Morgan fingerprint density at radius 1 is 1.21 bits per heavy atom. The van der Waals surface area contributed by atoms with Gasteiger partial charge in [-0.3, -0.25) is 4.79 Å². The van der Waals surface area contributed by atoms with Crippen LogP contribution < -0.4 is 4.90 Å². The number of aromatic nitrogens is 1. The number of fused-ring (bicyclic) bond motifs is 1. The summed E-state index contributed by atoms with van der Waals surface area (Å²) in [6.07, 6.45) is 0.568. The van der Waals surface area contributed by atoms with Crippen LogP contribution in [0.2, 0.25) is 0 Å². The van der Waals surface area contributed by atoms with Gasteiger partial charge in [-0.05, 0) is 47.7 Å². The number of halogens is 1. The van der Waals surface area contributed by atoms with Gasteiger partial charge in [-0.25, -0.2) is 9.37 Å². The van der Waals surface area contributed by atoms with Gasteiger partial charge in [-0.1, -0.05) is 26.0 Å². The number of phenols is 1. The second-order valence-corrected chi connectivity index (χ2v) is 7.86. The minimum atomic E-state index is -0.796. The maximum Gasteiger partial charge on any atom is 0.308 e. The third kappa shape index (κ3) is 3.50. The molecule has 29 heavy (non-hydrogen) atoms. The molecule has 0 bridgehead atoms. The van der Waals surface area contributed by atoms with Crippen LogP contribution in [0.1, 0.15) is 31.7 Å². The summed E-state index contributed by atoms with van der Waals surface area (Å²) in [6, 6.07) is 11.4. The zero-order chi connectivity index (χ0) is 20.7. The number of pyridine rings is 1. The second-order valence-electron chi connectivity index (χ2n) is 7.86. The molecule has 0 amide bonds. The molecule has 150 valence electrons. The largest absolute Gasteiger partial charge is 0.508 e. The molecule has 1 aliphatic rings. The number of phenolic OH excluding ortho intramolecular Hbond substituents is 1. The minimum Gasteiger partial charge on any atom is -0.508 e. The van der Waals surface area contributed by atoms with Crippen molar-refractivity contribution in [1.29, 1.82) is 0 Å². The molecule has 4 rings (SSSR count). The lowest BCUT2D eigenvalue weighted by Gasteiger charge is -2.26. The van der Waals surface area contributed by atoms with E-state index >= 15 is 0 Å². The van der Waals surface area contributed by atoms with Gasteiger partial charge in [0.1, 0.15) is 17.4 Å². The lowest BCUT2D eigenvalue weighted by molar-refractivity contribution is -0.140. The van der Waals surface area contributed by atoms with Crippen LogP contribution in [0.15, 0.2) is 42.5 Å². The molecule has 2 aromatic carbocycles. The summed E-state index contributed by atoms with van der Waals surface area (Å²) in [6.45, 7) is 5.15. The summed E-state index contributed by atoms with van der Waals surface area (Å²) in [4.78, 5) is 18.3. The molecule has 1 aromatic heterocycles. The van der Waals surface area contributed by atoms with Gasteiger partial charge >= 0.3 is 5.97 Å². The van der Waals surface area contributed by atoms with Gasteiger partial charge in [0, 0.05) is 30.1 Å². The maximum absolute atomic E-state index is 13.6. The Labute approximate surface area is 168 Å². The highest BCUT2D eigenvalue weighted by atomic mass is 19.1. The summed E-state index contributed by atoms with van der Waals surface area (Å²) in [7, 11) is 0. The van der Waals surface area contributed by atoms with Gasteiger partial charge in [-0.15, -0.1) is 0 Å². The molecule has 0 saturated carbocycles. The van der Waals surface area contributed by atoms with E-state index in [1.165, 1.54) is 12.1 Å². The molecule has 0 spiro atoms. The fraction of sp³-hybridized carbons (Fsp3) is 0.304. The normalized spacial score (nSPS) is 16.7. The molecule has 2 N–H and O–H groups in total. The first-order valence-electron chi connectivity index (χ1n) is 9.75. The van der Waals surface area contributed by atoms with Crippen LogP contribution in [-0.4, -0.2) is 34.3 Å². The average molecular weight is 394 g/mol. The molecule has 2 heterocycles. The number of benzene rings is 2. The van der Waals surface area contributed by atoms with E-state index in [1.54, 1.807) is 24.3 Å². The summed E-state index contributed by atoms with van der Waals surface area (Å²) in [5.74, 6) is -0.564. The Hall–Kier alpha value is -3.15. The molecule has 3 aromatic rings. The van der Waals surface area contributed by atoms with Gasteiger partial charge in [0.15, 0.2) is 0 Å². The fourth-order valence-corrected chi connectivity index (χ4v) is 4.12. The SMILES string of the molecule is CC(C)c1c(N2CC[C@H](C(=O)O)C2)nc2cc(O)ccc2c1-c1ccc(F)cc1. The van der Waals surface area contributed by atoms with Crippen LogP contribution in [0.25, 0.3) is 22.0 Å². The van der Waals surface area contributed by atoms with E-state index in [9.17, 15) is 19.4 Å². The summed E-state index contributed by atoms with van der Waals surface area (Å²) in [5.41, 5.74) is 3.44. The van der Waals surface area contributed by atoms with Crippen molar-refractivity contribution in [1.82, 2.24) is 4.98 Å². The van der Waals surface area contributed by atoms with E-state index in [4.69, 9.17) is 4.98 Å². The molecule has 0 unspecified atom stereocenters. The van der Waals surface area contributed by atoms with Crippen molar-refractivity contribution in [3.63, 3.8) is 0 Å². The van der Waals surface area contributed by atoms with Crippen LogP contribution in [0.3, 0.4) is 0 Å². The molecular formula is C23H23FN2O3. The number of aromatic hydroxyl groups is 1. The van der Waals surface area contributed by atoms with Crippen molar-refractivity contribution < 1.29 is 19.4 Å². The number of aliphatic carboxylic acids is 1. The molecule has 1 atom stereocenters. The van der Waals surface area contributed by atoms with E-state index in [0.717, 1.165) is 27.9 Å². The van der Waals surface area contributed by atoms with Crippen LogP contribution in [0, 0.1) is 11.7 Å². The predicted octanol–water partition coefficient (Wildman–Crippen LogP) is 4.78. The van der Waals surface area contributed by atoms with Crippen molar-refractivity contribution in [3.05, 3.63) is 53.8 Å². The lowest BCUT2D eigenvalue weighted by Crippen LogP contribution is -2.25. The number of carboxylic acids is 1. The quantitative estimate of drug-likeness (QED) is 0.666. The second kappa shape index (κ2) is 7.35. The zero-order valence-electron chi connectivity index (χ0n) is 16.4. The standard InChI is InChI=1S/C23H23FN2O3/c1-13(2)20-21(14-3-5-16(24)6-4-14)18-8-7-17(27)11-19(18)25-22(20)26-10-9-15(12-26)23(28)29/h3-8,11,13,15,27H,9-10,12H2,1-2H3,(H,28,29)/t15-/m0/s1. The van der Waals surface area contributed by atoms with Crippen molar-refractivity contribution in [3.8, 4) is 16.9 Å². The third-order valence-corrected chi connectivity index (χ3v) is 5.53. The predicted molar refractivity (Wildman–Crippen MR) is 111 cm³/mol. The minimum absolute atomic E-state index is 0.111. The van der Waals surface area contributed by atoms with Crippen molar-refractivity contribution >= 4 is 22.7 Å². The molecule has 5 nitrogen and oxygen atoms in total. The Kier molecular flexibility index (Phi) is 4.86. The number of rotatable bonds is 4. The lowest BCUT2D eigenvalue weighted by atomic mass is 9.89. The van der Waals surface area contributed by atoms with E-state index in [0.29, 0.717) is 25.0 Å². The Morgan fingerprint density at radius 3 is 2.55 bits per heavy atom. The number of nitrogens with zero attached hydrogens (tertiary/aromatic N) is 2. The van der Waals surface area contributed by atoms with Crippen LogP contribution in [-0.2, 0) is 4.79 Å². The Bertz CT molecular complexity index is 1080. The third-order valence-electron chi connectivity index (χ3n) is 5.53. The number of anilines is 1. The van der Waals surface area contributed by atoms with Gasteiger partial charge in [0.2, 0.25) is 0 Å². The fourth-order valence-electron chi connectivity index (χ4n) is 4.12. The van der Waals surface area contributed by atoms with Crippen LogP contribution in [0.4, 0.5) is 10.2 Å².